The lowest BCUT2D eigenvalue weighted by Crippen LogP contribution is -2.50. The van der Waals surface area contributed by atoms with Gasteiger partial charge in [0, 0.05) is 47.8 Å². The van der Waals surface area contributed by atoms with Crippen molar-refractivity contribution in [1.29, 1.82) is 0 Å². The maximum atomic E-state index is 13.7. The van der Waals surface area contributed by atoms with E-state index in [1.165, 1.54) is 24.3 Å². The number of nitrogens with one attached hydrogen (secondary N) is 2. The van der Waals surface area contributed by atoms with Crippen molar-refractivity contribution in [2.45, 2.75) is 12.5 Å². The van der Waals surface area contributed by atoms with Crippen molar-refractivity contribution in [2.75, 3.05) is 26.7 Å². The number of H-pyrrole nitrogens is 1. The Labute approximate surface area is 170 Å². The van der Waals surface area contributed by atoms with Crippen molar-refractivity contribution in [3.05, 3.63) is 59.7 Å². The molecule has 0 unspecified atom stereocenters. The van der Waals surface area contributed by atoms with Gasteiger partial charge in [0.2, 0.25) is 0 Å². The minimum atomic E-state index is -0.275. The first-order chi connectivity index (χ1) is 12.1. The van der Waals surface area contributed by atoms with Gasteiger partial charge in [0.05, 0.1) is 0 Å². The van der Waals surface area contributed by atoms with Crippen LogP contribution in [0.1, 0.15) is 5.56 Å². The van der Waals surface area contributed by atoms with E-state index < -0.39 is 0 Å². The highest BCUT2D eigenvalue weighted by Gasteiger charge is 2.23. The van der Waals surface area contributed by atoms with Gasteiger partial charge in [0.1, 0.15) is 11.6 Å². The molecule has 0 saturated carbocycles. The predicted molar refractivity (Wildman–Crippen MR) is 111 cm³/mol. The molecule has 1 aliphatic rings. The van der Waals surface area contributed by atoms with Crippen molar-refractivity contribution >= 4 is 35.7 Å². The lowest BCUT2D eigenvalue weighted by Gasteiger charge is -2.33. The first kappa shape index (κ1) is 21.6. The molecule has 4 rings (SSSR count). The number of rotatable bonds is 3. The Hall–Kier alpha value is -1.66. The van der Waals surface area contributed by atoms with Crippen LogP contribution in [-0.2, 0) is 6.42 Å². The number of benzene rings is 2. The van der Waals surface area contributed by atoms with Crippen LogP contribution in [0.25, 0.3) is 22.2 Å². The van der Waals surface area contributed by atoms with E-state index in [4.69, 9.17) is 0 Å². The monoisotopic (exact) mass is 413 g/mol. The van der Waals surface area contributed by atoms with Gasteiger partial charge in [-0.3, -0.25) is 0 Å². The standard InChI is InChI=1S/C20H21F2N3.2ClH/c1-25-8-7-23-12-16(25)11-18-17-6-5-15(22)10-19(17)24-20(18)13-3-2-4-14(21)9-13;;/h2-6,9-10,16,23-24H,7-8,11-12H2,1H3;2*1H/t16-;;/m0../s1. The molecule has 1 atom stereocenters. The molecular weight excluding hydrogens is 391 g/mol. The zero-order chi connectivity index (χ0) is 17.4. The van der Waals surface area contributed by atoms with E-state index in [2.05, 4.69) is 22.2 Å². The molecule has 0 spiro atoms. The number of likely N-dealkylation sites (N-methyl/N-ethyl adjacent to an activating group) is 1. The fourth-order valence-electron chi connectivity index (χ4n) is 3.66. The number of hydrogen-bond donors (Lipinski definition) is 2. The summed E-state index contributed by atoms with van der Waals surface area (Å²) in [6.07, 6.45) is 0.820. The van der Waals surface area contributed by atoms with Gasteiger partial charge in [-0.25, -0.2) is 8.78 Å². The van der Waals surface area contributed by atoms with Gasteiger partial charge in [-0.1, -0.05) is 12.1 Å². The van der Waals surface area contributed by atoms with Crippen LogP contribution in [0.15, 0.2) is 42.5 Å². The number of aromatic nitrogens is 1. The molecule has 2 N–H and O–H groups in total. The predicted octanol–water partition coefficient (Wildman–Crippen LogP) is 4.40. The maximum Gasteiger partial charge on any atom is 0.125 e. The fraction of sp³-hybridized carbons (Fsp3) is 0.300. The maximum absolute atomic E-state index is 13.7. The van der Waals surface area contributed by atoms with Crippen LogP contribution in [0.3, 0.4) is 0 Å². The van der Waals surface area contributed by atoms with Crippen molar-refractivity contribution < 1.29 is 8.78 Å². The van der Waals surface area contributed by atoms with E-state index in [-0.39, 0.29) is 36.4 Å². The summed E-state index contributed by atoms with van der Waals surface area (Å²) in [5.74, 6) is -0.549. The Bertz CT molecular complexity index is 913. The van der Waals surface area contributed by atoms with E-state index in [0.717, 1.165) is 53.8 Å². The molecule has 3 aromatic rings. The van der Waals surface area contributed by atoms with Gasteiger partial charge in [-0.2, -0.15) is 0 Å². The topological polar surface area (TPSA) is 31.1 Å². The zero-order valence-electron chi connectivity index (χ0n) is 15.0. The fourth-order valence-corrected chi connectivity index (χ4v) is 3.66. The SMILES string of the molecule is CN1CCNC[C@@H]1Cc1c(-c2cccc(F)c2)[nH]c2cc(F)ccc12.Cl.Cl. The third-order valence-corrected chi connectivity index (χ3v) is 5.07. The summed E-state index contributed by atoms with van der Waals surface area (Å²) in [5, 5.41) is 4.43. The highest BCUT2D eigenvalue weighted by atomic mass is 35.5. The Kier molecular flexibility index (Phi) is 7.23. The van der Waals surface area contributed by atoms with Crippen LogP contribution >= 0.6 is 24.8 Å². The minimum Gasteiger partial charge on any atom is -0.354 e. The summed E-state index contributed by atoms with van der Waals surface area (Å²) in [6, 6.07) is 11.7. The van der Waals surface area contributed by atoms with E-state index in [9.17, 15) is 8.78 Å². The number of aromatic amines is 1. The van der Waals surface area contributed by atoms with Gasteiger partial charge >= 0.3 is 0 Å². The van der Waals surface area contributed by atoms with E-state index in [1.807, 2.05) is 12.1 Å². The van der Waals surface area contributed by atoms with Gasteiger partial charge < -0.3 is 15.2 Å². The van der Waals surface area contributed by atoms with Crippen LogP contribution in [0.4, 0.5) is 8.78 Å². The van der Waals surface area contributed by atoms with Crippen molar-refractivity contribution in [3.63, 3.8) is 0 Å². The summed E-state index contributed by atoms with van der Waals surface area (Å²) in [4.78, 5) is 5.65. The molecule has 2 heterocycles. The normalized spacial score (nSPS) is 17.4. The van der Waals surface area contributed by atoms with Gasteiger partial charge in [-0.15, -0.1) is 24.8 Å². The highest BCUT2D eigenvalue weighted by molar-refractivity contribution is 5.91. The Morgan fingerprint density at radius 1 is 1.07 bits per heavy atom. The second-order valence-electron chi connectivity index (χ2n) is 6.72. The van der Waals surface area contributed by atoms with Crippen LogP contribution in [0.2, 0.25) is 0 Å². The van der Waals surface area contributed by atoms with E-state index in [0.29, 0.717) is 6.04 Å². The highest BCUT2D eigenvalue weighted by Crippen LogP contribution is 2.32. The first-order valence-electron chi connectivity index (χ1n) is 8.59. The molecule has 0 aliphatic carbocycles. The van der Waals surface area contributed by atoms with Crippen LogP contribution < -0.4 is 5.32 Å². The molecule has 1 aromatic heterocycles. The van der Waals surface area contributed by atoms with Crippen LogP contribution in [0.5, 0.6) is 0 Å². The number of fused-ring (bicyclic) bond motifs is 1. The number of hydrogen-bond acceptors (Lipinski definition) is 2. The van der Waals surface area contributed by atoms with Crippen molar-refractivity contribution in [2.24, 2.45) is 0 Å². The molecule has 0 amide bonds. The third kappa shape index (κ3) is 4.43. The largest absolute Gasteiger partial charge is 0.354 e. The van der Waals surface area contributed by atoms with Gasteiger partial charge in [-0.05, 0) is 49.4 Å². The first-order valence-corrected chi connectivity index (χ1v) is 8.59. The zero-order valence-corrected chi connectivity index (χ0v) is 16.6. The molecule has 1 aliphatic heterocycles. The Morgan fingerprint density at radius 2 is 1.85 bits per heavy atom. The molecular formula is C20H23Cl2F2N3. The molecule has 3 nitrogen and oxygen atoms in total. The number of nitrogens with zero attached hydrogens (tertiary/aromatic N) is 1. The van der Waals surface area contributed by atoms with Crippen LogP contribution in [0, 0.1) is 11.6 Å². The molecule has 1 saturated heterocycles. The molecule has 7 heteroatoms. The van der Waals surface area contributed by atoms with Crippen LogP contribution in [-0.4, -0.2) is 42.6 Å². The molecule has 0 radical (unpaired) electrons. The molecule has 27 heavy (non-hydrogen) atoms. The lowest BCUT2D eigenvalue weighted by molar-refractivity contribution is 0.199. The Balaban J connectivity index is 0.00000131. The van der Waals surface area contributed by atoms with Crippen molar-refractivity contribution in [3.8, 4) is 11.3 Å². The summed E-state index contributed by atoms with van der Waals surface area (Å²) >= 11 is 0. The molecule has 2 aromatic carbocycles. The third-order valence-electron chi connectivity index (χ3n) is 5.07. The smallest absolute Gasteiger partial charge is 0.125 e. The average Bonchev–Trinajstić information content (AvgIpc) is 2.94. The summed E-state index contributed by atoms with van der Waals surface area (Å²) in [6.45, 7) is 2.90. The average molecular weight is 414 g/mol. The molecule has 1 fully saturated rings. The quantitative estimate of drug-likeness (QED) is 0.666. The van der Waals surface area contributed by atoms with Gasteiger partial charge in [0.25, 0.3) is 0 Å². The number of piperazine rings is 1. The lowest BCUT2D eigenvalue weighted by atomic mass is 9.97. The van der Waals surface area contributed by atoms with Crippen molar-refractivity contribution in [1.82, 2.24) is 15.2 Å². The summed E-state index contributed by atoms with van der Waals surface area (Å²) in [5.41, 5.74) is 3.53. The Morgan fingerprint density at radius 3 is 2.59 bits per heavy atom. The second kappa shape index (κ2) is 9.02. The van der Waals surface area contributed by atoms with Gasteiger partial charge in [0.15, 0.2) is 0 Å². The second-order valence-corrected chi connectivity index (χ2v) is 6.72. The number of halogens is 4. The van der Waals surface area contributed by atoms with E-state index in [1.54, 1.807) is 6.07 Å². The van der Waals surface area contributed by atoms with E-state index >= 15 is 0 Å². The minimum absolute atomic E-state index is 0. The molecule has 0 bridgehead atoms. The molecule has 146 valence electrons. The summed E-state index contributed by atoms with van der Waals surface area (Å²) < 4.78 is 27.4. The summed E-state index contributed by atoms with van der Waals surface area (Å²) in [7, 11) is 2.13.